The highest BCUT2D eigenvalue weighted by Crippen LogP contribution is 2.31. The third kappa shape index (κ3) is 2.86. The van der Waals surface area contributed by atoms with E-state index in [1.165, 1.54) is 24.9 Å². The van der Waals surface area contributed by atoms with Gasteiger partial charge in [-0.25, -0.2) is 0 Å². The van der Waals surface area contributed by atoms with E-state index >= 15 is 0 Å². The van der Waals surface area contributed by atoms with Gasteiger partial charge in [0.2, 0.25) is 0 Å². The molecule has 1 heterocycles. The van der Waals surface area contributed by atoms with Crippen LogP contribution < -0.4 is 4.90 Å². The van der Waals surface area contributed by atoms with Crippen molar-refractivity contribution in [1.82, 2.24) is 0 Å². The first-order valence-electron chi connectivity index (χ1n) is 7.28. The summed E-state index contributed by atoms with van der Waals surface area (Å²) < 4.78 is 0. The number of rotatable bonds is 4. The summed E-state index contributed by atoms with van der Waals surface area (Å²) in [7, 11) is 0. The van der Waals surface area contributed by atoms with Crippen LogP contribution in [0.4, 0.5) is 5.69 Å². The molecule has 1 saturated heterocycles. The van der Waals surface area contributed by atoms with Crippen LogP contribution in [0.1, 0.15) is 51.2 Å². The van der Waals surface area contributed by atoms with Crippen molar-refractivity contribution in [3.8, 4) is 0 Å². The molecule has 0 saturated carbocycles. The van der Waals surface area contributed by atoms with Crippen LogP contribution >= 0.6 is 0 Å². The van der Waals surface area contributed by atoms with Crippen LogP contribution in [0.25, 0.3) is 0 Å². The molecule has 18 heavy (non-hydrogen) atoms. The van der Waals surface area contributed by atoms with Crippen LogP contribution in [-0.4, -0.2) is 18.2 Å². The Morgan fingerprint density at radius 1 is 1.22 bits per heavy atom. The predicted octanol–water partition coefficient (Wildman–Crippen LogP) is 3.76. The van der Waals surface area contributed by atoms with Gasteiger partial charge in [0, 0.05) is 24.3 Å². The van der Waals surface area contributed by atoms with E-state index in [0.717, 1.165) is 31.0 Å². The van der Waals surface area contributed by atoms with Gasteiger partial charge in [-0.1, -0.05) is 38.5 Å². The first kappa shape index (κ1) is 13.4. The second-order valence-electron chi connectivity index (χ2n) is 5.32. The smallest absolute Gasteiger partial charge is 0.0807 e. The third-order valence-corrected chi connectivity index (χ3v) is 4.22. The third-order valence-electron chi connectivity index (χ3n) is 4.22. The lowest BCUT2D eigenvalue weighted by atomic mass is 9.93. The largest absolute Gasteiger partial charge is 0.388 e. The molecule has 1 N–H and O–H groups in total. The average molecular weight is 247 g/mol. The number of para-hydroxylation sites is 1. The fourth-order valence-corrected chi connectivity index (χ4v) is 2.86. The lowest BCUT2D eigenvalue weighted by Crippen LogP contribution is -2.34. The maximum atomic E-state index is 10.1. The second kappa shape index (κ2) is 6.24. The molecule has 100 valence electrons. The first-order chi connectivity index (χ1) is 8.76. The molecule has 2 heteroatoms. The van der Waals surface area contributed by atoms with Gasteiger partial charge in [0.25, 0.3) is 0 Å². The zero-order valence-electron chi connectivity index (χ0n) is 11.6. The van der Waals surface area contributed by atoms with E-state index in [1.807, 2.05) is 13.0 Å². The standard InChI is InChI=1S/C16H25NO/c1-3-13-9-11-17(12-10-13)15-8-6-5-7-14(15)16(18)4-2/h5-8,13,16,18H,3-4,9-12H2,1-2H3. The average Bonchev–Trinajstić information content (AvgIpc) is 2.46. The van der Waals surface area contributed by atoms with E-state index in [9.17, 15) is 5.11 Å². The minimum Gasteiger partial charge on any atom is -0.388 e. The molecule has 1 aliphatic rings. The highest BCUT2D eigenvalue weighted by Gasteiger charge is 2.21. The van der Waals surface area contributed by atoms with Crippen LogP contribution in [0.5, 0.6) is 0 Å². The van der Waals surface area contributed by atoms with Gasteiger partial charge in [0.1, 0.15) is 0 Å². The highest BCUT2D eigenvalue weighted by molar-refractivity contribution is 5.54. The molecule has 1 aliphatic heterocycles. The number of benzene rings is 1. The molecule has 0 aromatic heterocycles. The number of hydrogen-bond donors (Lipinski definition) is 1. The van der Waals surface area contributed by atoms with Gasteiger partial charge in [-0.15, -0.1) is 0 Å². The number of anilines is 1. The molecule has 0 aliphatic carbocycles. The summed E-state index contributed by atoms with van der Waals surface area (Å²) in [6, 6.07) is 8.32. The molecule has 1 fully saturated rings. The SMILES string of the molecule is CCC1CCN(c2ccccc2C(O)CC)CC1. The maximum Gasteiger partial charge on any atom is 0.0807 e. The molecular formula is C16H25NO. The summed E-state index contributed by atoms with van der Waals surface area (Å²) in [6.07, 6.45) is 4.32. The number of piperidine rings is 1. The molecule has 0 bridgehead atoms. The minimum absolute atomic E-state index is 0.329. The fourth-order valence-electron chi connectivity index (χ4n) is 2.86. The summed E-state index contributed by atoms with van der Waals surface area (Å²) in [5, 5.41) is 10.1. The van der Waals surface area contributed by atoms with Crippen molar-refractivity contribution < 1.29 is 5.11 Å². The van der Waals surface area contributed by atoms with Gasteiger partial charge < -0.3 is 10.0 Å². The molecular weight excluding hydrogens is 222 g/mol. The molecule has 1 aromatic carbocycles. The van der Waals surface area contributed by atoms with Gasteiger partial charge in [-0.2, -0.15) is 0 Å². The number of aliphatic hydroxyl groups excluding tert-OH is 1. The van der Waals surface area contributed by atoms with Crippen LogP contribution in [0, 0.1) is 5.92 Å². The predicted molar refractivity (Wildman–Crippen MR) is 76.9 cm³/mol. The normalized spacial score (nSPS) is 18.9. The van der Waals surface area contributed by atoms with Crippen molar-refractivity contribution in [1.29, 1.82) is 0 Å². The fraction of sp³-hybridized carbons (Fsp3) is 0.625. The highest BCUT2D eigenvalue weighted by atomic mass is 16.3. The maximum absolute atomic E-state index is 10.1. The van der Waals surface area contributed by atoms with Crippen molar-refractivity contribution in [3.63, 3.8) is 0 Å². The van der Waals surface area contributed by atoms with Crippen molar-refractivity contribution in [2.75, 3.05) is 18.0 Å². The van der Waals surface area contributed by atoms with E-state index in [1.54, 1.807) is 0 Å². The molecule has 0 amide bonds. The lowest BCUT2D eigenvalue weighted by Gasteiger charge is -2.35. The Morgan fingerprint density at radius 2 is 1.89 bits per heavy atom. The molecule has 1 unspecified atom stereocenters. The van der Waals surface area contributed by atoms with E-state index in [0.29, 0.717) is 0 Å². The van der Waals surface area contributed by atoms with Crippen LogP contribution in [0.15, 0.2) is 24.3 Å². The molecule has 2 rings (SSSR count). The second-order valence-corrected chi connectivity index (χ2v) is 5.32. The zero-order valence-corrected chi connectivity index (χ0v) is 11.6. The topological polar surface area (TPSA) is 23.5 Å². The molecule has 0 radical (unpaired) electrons. The summed E-state index contributed by atoms with van der Waals surface area (Å²) >= 11 is 0. The monoisotopic (exact) mass is 247 g/mol. The quantitative estimate of drug-likeness (QED) is 0.875. The van der Waals surface area contributed by atoms with Crippen molar-refractivity contribution >= 4 is 5.69 Å². The molecule has 1 atom stereocenters. The van der Waals surface area contributed by atoms with Crippen molar-refractivity contribution in [3.05, 3.63) is 29.8 Å². The Balaban J connectivity index is 2.13. The van der Waals surface area contributed by atoms with Gasteiger partial charge in [0.05, 0.1) is 6.10 Å². The molecule has 1 aromatic rings. The van der Waals surface area contributed by atoms with Crippen molar-refractivity contribution in [2.45, 2.75) is 45.6 Å². The summed E-state index contributed by atoms with van der Waals surface area (Å²) in [4.78, 5) is 2.44. The summed E-state index contributed by atoms with van der Waals surface area (Å²) in [6.45, 7) is 6.58. The number of aliphatic hydroxyl groups is 1. The van der Waals surface area contributed by atoms with Crippen molar-refractivity contribution in [2.24, 2.45) is 5.92 Å². The van der Waals surface area contributed by atoms with E-state index in [2.05, 4.69) is 30.0 Å². The van der Waals surface area contributed by atoms with E-state index < -0.39 is 0 Å². The Kier molecular flexibility index (Phi) is 4.65. The van der Waals surface area contributed by atoms with Gasteiger partial charge in [0.15, 0.2) is 0 Å². The van der Waals surface area contributed by atoms with E-state index in [4.69, 9.17) is 0 Å². The van der Waals surface area contributed by atoms with Gasteiger partial charge in [-0.05, 0) is 31.2 Å². The molecule has 2 nitrogen and oxygen atoms in total. The number of nitrogens with zero attached hydrogens (tertiary/aromatic N) is 1. The Bertz CT molecular complexity index is 369. The first-order valence-corrected chi connectivity index (χ1v) is 7.28. The summed E-state index contributed by atoms with van der Waals surface area (Å²) in [5.74, 6) is 0.893. The molecule has 0 spiro atoms. The zero-order chi connectivity index (χ0) is 13.0. The van der Waals surface area contributed by atoms with Gasteiger partial charge in [-0.3, -0.25) is 0 Å². The minimum atomic E-state index is -0.329. The lowest BCUT2D eigenvalue weighted by molar-refractivity contribution is 0.174. The Hall–Kier alpha value is -1.02. The Labute approximate surface area is 111 Å². The Morgan fingerprint density at radius 3 is 2.50 bits per heavy atom. The van der Waals surface area contributed by atoms with E-state index in [-0.39, 0.29) is 6.10 Å². The number of hydrogen-bond acceptors (Lipinski definition) is 2. The van der Waals surface area contributed by atoms with Crippen LogP contribution in [0.2, 0.25) is 0 Å². The summed E-state index contributed by atoms with van der Waals surface area (Å²) in [5.41, 5.74) is 2.33. The van der Waals surface area contributed by atoms with Crippen LogP contribution in [0.3, 0.4) is 0 Å². The van der Waals surface area contributed by atoms with Gasteiger partial charge >= 0.3 is 0 Å². The van der Waals surface area contributed by atoms with Crippen LogP contribution in [-0.2, 0) is 0 Å².